The molecule has 1 aliphatic rings. The largest absolute Gasteiger partial charge is 0.338 e. The van der Waals surface area contributed by atoms with Crippen molar-refractivity contribution in [3.8, 4) is 0 Å². The molecule has 2 rings (SSSR count). The average Bonchev–Trinajstić information content (AvgIpc) is 2.46. The molecule has 1 fully saturated rings. The van der Waals surface area contributed by atoms with Gasteiger partial charge >= 0.3 is 0 Å². The van der Waals surface area contributed by atoms with Crippen molar-refractivity contribution >= 4 is 5.95 Å². The average molecular weight is 263 g/mol. The monoisotopic (exact) mass is 263 g/mol. The van der Waals surface area contributed by atoms with Gasteiger partial charge in [0.25, 0.3) is 0 Å². The van der Waals surface area contributed by atoms with Gasteiger partial charge in [-0.25, -0.2) is 9.97 Å². The van der Waals surface area contributed by atoms with Crippen LogP contribution < -0.4 is 10.6 Å². The van der Waals surface area contributed by atoms with Gasteiger partial charge in [0.15, 0.2) is 0 Å². The highest BCUT2D eigenvalue weighted by Crippen LogP contribution is 2.14. The maximum atomic E-state index is 5.87. The molecule has 2 N–H and O–H groups in total. The third-order valence-electron chi connectivity index (χ3n) is 3.77. The second-order valence-corrected chi connectivity index (χ2v) is 5.26. The Morgan fingerprint density at radius 1 is 1.21 bits per heavy atom. The molecule has 0 bridgehead atoms. The van der Waals surface area contributed by atoms with Crippen LogP contribution in [0.3, 0.4) is 0 Å². The number of hydrogen-bond donors (Lipinski definition) is 1. The van der Waals surface area contributed by atoms with Gasteiger partial charge in [0.1, 0.15) is 0 Å². The molecule has 5 heteroatoms. The molecule has 1 aromatic rings. The van der Waals surface area contributed by atoms with Crippen LogP contribution >= 0.6 is 0 Å². The molecule has 0 radical (unpaired) electrons. The first kappa shape index (κ1) is 14.2. The van der Waals surface area contributed by atoms with E-state index in [1.807, 2.05) is 19.3 Å². The number of anilines is 1. The van der Waals surface area contributed by atoms with Crippen LogP contribution in [-0.4, -0.2) is 53.6 Å². The lowest BCUT2D eigenvalue weighted by Gasteiger charge is -2.38. The lowest BCUT2D eigenvalue weighted by Crippen LogP contribution is -2.52. The zero-order valence-corrected chi connectivity index (χ0v) is 12.0. The fraction of sp³-hybridized carbons (Fsp3) is 0.714. The molecule has 1 atom stereocenters. The Morgan fingerprint density at radius 2 is 1.84 bits per heavy atom. The fourth-order valence-corrected chi connectivity index (χ4v) is 2.62. The third-order valence-corrected chi connectivity index (χ3v) is 3.77. The first-order valence-electron chi connectivity index (χ1n) is 7.22. The summed E-state index contributed by atoms with van der Waals surface area (Å²) in [6.45, 7) is 9.08. The van der Waals surface area contributed by atoms with E-state index in [9.17, 15) is 0 Å². The zero-order valence-electron chi connectivity index (χ0n) is 12.0. The molecule has 19 heavy (non-hydrogen) atoms. The Kier molecular flexibility index (Phi) is 5.10. The van der Waals surface area contributed by atoms with Gasteiger partial charge in [-0.1, -0.05) is 13.3 Å². The first-order chi connectivity index (χ1) is 9.24. The van der Waals surface area contributed by atoms with Gasteiger partial charge in [0.2, 0.25) is 5.95 Å². The molecule has 0 spiro atoms. The van der Waals surface area contributed by atoms with E-state index >= 15 is 0 Å². The minimum absolute atomic E-state index is 0.533. The van der Waals surface area contributed by atoms with Crippen molar-refractivity contribution in [3.05, 3.63) is 18.0 Å². The molecule has 0 aliphatic carbocycles. The van der Waals surface area contributed by atoms with Crippen LogP contribution in [0.1, 0.15) is 25.3 Å². The minimum atomic E-state index is 0.533. The molecule has 2 heterocycles. The summed E-state index contributed by atoms with van der Waals surface area (Å²) in [6.07, 6.45) is 6.16. The minimum Gasteiger partial charge on any atom is -0.338 e. The number of aryl methyl sites for hydroxylation is 1. The lowest BCUT2D eigenvalue weighted by molar-refractivity contribution is 0.179. The molecule has 0 saturated carbocycles. The highest BCUT2D eigenvalue weighted by Gasteiger charge is 2.23. The number of rotatable bonds is 5. The molecule has 5 nitrogen and oxygen atoms in total. The first-order valence-corrected chi connectivity index (χ1v) is 7.22. The summed E-state index contributed by atoms with van der Waals surface area (Å²) >= 11 is 0. The highest BCUT2D eigenvalue weighted by molar-refractivity contribution is 5.30. The van der Waals surface area contributed by atoms with Gasteiger partial charge in [0, 0.05) is 51.2 Å². The third kappa shape index (κ3) is 3.64. The number of aromatic nitrogens is 2. The maximum absolute atomic E-state index is 5.87. The van der Waals surface area contributed by atoms with Gasteiger partial charge in [-0.3, -0.25) is 4.90 Å². The van der Waals surface area contributed by atoms with Crippen LogP contribution in [0.4, 0.5) is 5.95 Å². The fourth-order valence-electron chi connectivity index (χ4n) is 2.62. The van der Waals surface area contributed by atoms with E-state index in [1.165, 1.54) is 12.8 Å². The van der Waals surface area contributed by atoms with Gasteiger partial charge in [-0.2, -0.15) is 0 Å². The predicted octanol–water partition coefficient (Wildman–Crippen LogP) is 1.03. The molecule has 106 valence electrons. The summed E-state index contributed by atoms with van der Waals surface area (Å²) in [5.41, 5.74) is 6.98. The quantitative estimate of drug-likeness (QED) is 0.860. The van der Waals surface area contributed by atoms with Crippen molar-refractivity contribution in [2.75, 3.05) is 37.6 Å². The molecule has 0 amide bonds. The van der Waals surface area contributed by atoms with Crippen molar-refractivity contribution in [2.24, 2.45) is 5.73 Å². The van der Waals surface area contributed by atoms with Crippen LogP contribution in [0.5, 0.6) is 0 Å². The van der Waals surface area contributed by atoms with Gasteiger partial charge in [0.05, 0.1) is 0 Å². The van der Waals surface area contributed by atoms with Crippen LogP contribution in [0, 0.1) is 6.92 Å². The Hall–Kier alpha value is -1.20. The van der Waals surface area contributed by atoms with Crippen LogP contribution in [-0.2, 0) is 0 Å². The number of hydrogen-bond acceptors (Lipinski definition) is 5. The summed E-state index contributed by atoms with van der Waals surface area (Å²) < 4.78 is 0. The lowest BCUT2D eigenvalue weighted by atomic mass is 10.1. The Morgan fingerprint density at radius 3 is 2.37 bits per heavy atom. The molecule has 1 saturated heterocycles. The van der Waals surface area contributed by atoms with E-state index < -0.39 is 0 Å². The van der Waals surface area contributed by atoms with Crippen molar-refractivity contribution < 1.29 is 0 Å². The molecule has 1 aliphatic heterocycles. The Bertz CT molecular complexity index is 370. The molecular formula is C14H25N5. The van der Waals surface area contributed by atoms with Gasteiger partial charge in [-0.05, 0) is 18.9 Å². The van der Waals surface area contributed by atoms with E-state index in [-0.39, 0.29) is 0 Å². The standard InChI is InChI=1S/C14H25N5/c1-3-4-13(9-15)18-5-7-19(8-6-18)14-16-10-12(2)11-17-14/h10-11,13H,3-9,15H2,1-2H3. The van der Waals surface area contributed by atoms with E-state index in [4.69, 9.17) is 5.73 Å². The summed E-state index contributed by atoms with van der Waals surface area (Å²) in [5, 5.41) is 0. The van der Waals surface area contributed by atoms with Gasteiger partial charge < -0.3 is 10.6 Å². The zero-order chi connectivity index (χ0) is 13.7. The smallest absolute Gasteiger partial charge is 0.225 e. The number of nitrogens with zero attached hydrogens (tertiary/aromatic N) is 4. The van der Waals surface area contributed by atoms with E-state index in [0.717, 1.165) is 44.2 Å². The molecular weight excluding hydrogens is 238 g/mol. The normalized spacial score (nSPS) is 18.6. The molecule has 1 aromatic heterocycles. The summed E-state index contributed by atoms with van der Waals surface area (Å²) in [7, 11) is 0. The van der Waals surface area contributed by atoms with E-state index in [0.29, 0.717) is 6.04 Å². The summed E-state index contributed by atoms with van der Waals surface area (Å²) in [4.78, 5) is 13.6. The topological polar surface area (TPSA) is 58.3 Å². The van der Waals surface area contributed by atoms with Gasteiger partial charge in [-0.15, -0.1) is 0 Å². The molecule has 0 aromatic carbocycles. The maximum Gasteiger partial charge on any atom is 0.225 e. The second kappa shape index (κ2) is 6.82. The van der Waals surface area contributed by atoms with Crippen LogP contribution in [0.15, 0.2) is 12.4 Å². The SMILES string of the molecule is CCCC(CN)N1CCN(c2ncc(C)cn2)CC1. The summed E-state index contributed by atoms with van der Waals surface area (Å²) in [5.74, 6) is 0.852. The Balaban J connectivity index is 1.89. The Labute approximate surface area is 115 Å². The van der Waals surface area contributed by atoms with Crippen LogP contribution in [0.2, 0.25) is 0 Å². The highest BCUT2D eigenvalue weighted by atomic mass is 15.3. The predicted molar refractivity (Wildman–Crippen MR) is 78.3 cm³/mol. The van der Waals surface area contributed by atoms with E-state index in [1.54, 1.807) is 0 Å². The molecule has 1 unspecified atom stereocenters. The van der Waals surface area contributed by atoms with E-state index in [2.05, 4.69) is 26.7 Å². The van der Waals surface area contributed by atoms with Crippen LogP contribution in [0.25, 0.3) is 0 Å². The van der Waals surface area contributed by atoms with Crippen molar-refractivity contribution in [3.63, 3.8) is 0 Å². The van der Waals surface area contributed by atoms with Crippen molar-refractivity contribution in [2.45, 2.75) is 32.7 Å². The van der Waals surface area contributed by atoms with Crippen molar-refractivity contribution in [1.82, 2.24) is 14.9 Å². The van der Waals surface area contributed by atoms with Crippen molar-refractivity contribution in [1.29, 1.82) is 0 Å². The second-order valence-electron chi connectivity index (χ2n) is 5.26. The summed E-state index contributed by atoms with van der Waals surface area (Å²) in [6, 6.07) is 0.533. The number of piperazine rings is 1. The number of nitrogens with two attached hydrogens (primary N) is 1.